The van der Waals surface area contributed by atoms with Crippen LogP contribution < -0.4 is 20.4 Å². The van der Waals surface area contributed by atoms with Gasteiger partial charge in [0.25, 0.3) is 0 Å². The molecule has 0 aromatic carbocycles. The number of likely N-dealkylation sites (N-methyl/N-ethyl adjacent to an activating group) is 1. The van der Waals surface area contributed by atoms with Crippen molar-refractivity contribution >= 4 is 17.6 Å². The van der Waals surface area contributed by atoms with E-state index in [0.717, 1.165) is 56.9 Å². The third kappa shape index (κ3) is 3.56. The van der Waals surface area contributed by atoms with Crippen LogP contribution in [0.25, 0.3) is 0 Å². The average Bonchev–Trinajstić information content (AvgIpc) is 3.21. The second-order valence-electron chi connectivity index (χ2n) is 5.83. The van der Waals surface area contributed by atoms with Crippen LogP contribution in [0.15, 0.2) is 6.07 Å². The molecule has 3 heterocycles. The predicted octanol–water partition coefficient (Wildman–Crippen LogP) is 1.31. The lowest BCUT2D eigenvalue weighted by Crippen LogP contribution is -2.25. The van der Waals surface area contributed by atoms with Gasteiger partial charge in [-0.05, 0) is 32.7 Å². The summed E-state index contributed by atoms with van der Waals surface area (Å²) >= 11 is 0. The number of hydrogen-bond acceptors (Lipinski definition) is 6. The molecular formula is C15H26N6. The molecule has 116 valence electrons. The molecule has 0 unspecified atom stereocenters. The number of hydrogen-bond donors (Lipinski definition) is 2. The van der Waals surface area contributed by atoms with Crippen LogP contribution in [0.4, 0.5) is 17.6 Å². The third-order valence-electron chi connectivity index (χ3n) is 4.20. The number of nitrogens with one attached hydrogen (secondary N) is 2. The molecule has 1 aromatic heterocycles. The van der Waals surface area contributed by atoms with E-state index < -0.39 is 0 Å². The van der Waals surface area contributed by atoms with E-state index in [1.165, 1.54) is 25.7 Å². The van der Waals surface area contributed by atoms with E-state index in [1.54, 1.807) is 0 Å². The third-order valence-corrected chi connectivity index (χ3v) is 4.20. The van der Waals surface area contributed by atoms with Crippen LogP contribution >= 0.6 is 0 Å². The van der Waals surface area contributed by atoms with E-state index in [4.69, 9.17) is 9.97 Å². The molecule has 1 aromatic rings. The number of nitrogens with zero attached hydrogens (tertiary/aromatic N) is 4. The Bertz CT molecular complexity index is 417. The van der Waals surface area contributed by atoms with Crippen molar-refractivity contribution in [3.8, 4) is 0 Å². The maximum Gasteiger partial charge on any atom is 0.229 e. The highest BCUT2D eigenvalue weighted by atomic mass is 15.3. The van der Waals surface area contributed by atoms with Gasteiger partial charge < -0.3 is 20.4 Å². The van der Waals surface area contributed by atoms with Gasteiger partial charge >= 0.3 is 0 Å². The summed E-state index contributed by atoms with van der Waals surface area (Å²) in [5, 5.41) is 6.56. The van der Waals surface area contributed by atoms with Crippen LogP contribution in [0, 0.1) is 0 Å². The van der Waals surface area contributed by atoms with Crippen LogP contribution in [-0.2, 0) is 0 Å². The van der Waals surface area contributed by atoms with E-state index in [0.29, 0.717) is 0 Å². The summed E-state index contributed by atoms with van der Waals surface area (Å²) in [6, 6.07) is 2.10. The Morgan fingerprint density at radius 1 is 0.952 bits per heavy atom. The zero-order valence-corrected chi connectivity index (χ0v) is 12.9. The molecule has 2 aliphatic heterocycles. The monoisotopic (exact) mass is 290 g/mol. The van der Waals surface area contributed by atoms with Crippen molar-refractivity contribution in [2.24, 2.45) is 0 Å². The summed E-state index contributed by atoms with van der Waals surface area (Å²) in [6.45, 7) is 6.21. The Hall–Kier alpha value is -1.56. The van der Waals surface area contributed by atoms with Crippen molar-refractivity contribution < 1.29 is 0 Å². The van der Waals surface area contributed by atoms with Gasteiger partial charge in [-0.3, -0.25) is 0 Å². The van der Waals surface area contributed by atoms with Crippen molar-refractivity contribution in [2.45, 2.75) is 25.7 Å². The second-order valence-corrected chi connectivity index (χ2v) is 5.83. The molecule has 0 bridgehead atoms. The second kappa shape index (κ2) is 6.93. The Kier molecular flexibility index (Phi) is 4.75. The van der Waals surface area contributed by atoms with Crippen molar-refractivity contribution in [2.75, 3.05) is 61.4 Å². The fraction of sp³-hybridized carbons (Fsp3) is 0.733. The molecule has 0 saturated carbocycles. The maximum atomic E-state index is 4.81. The van der Waals surface area contributed by atoms with Gasteiger partial charge in [0, 0.05) is 45.3 Å². The maximum absolute atomic E-state index is 4.81. The van der Waals surface area contributed by atoms with E-state index in [2.05, 4.69) is 26.5 Å². The summed E-state index contributed by atoms with van der Waals surface area (Å²) in [5.41, 5.74) is 0. The van der Waals surface area contributed by atoms with E-state index in [9.17, 15) is 0 Å². The highest BCUT2D eigenvalue weighted by molar-refractivity contribution is 5.55. The van der Waals surface area contributed by atoms with Crippen LogP contribution in [-0.4, -0.2) is 56.3 Å². The van der Waals surface area contributed by atoms with Gasteiger partial charge in [0.05, 0.1) is 0 Å². The summed E-state index contributed by atoms with van der Waals surface area (Å²) < 4.78 is 0. The van der Waals surface area contributed by atoms with E-state index in [-0.39, 0.29) is 0 Å². The van der Waals surface area contributed by atoms with E-state index >= 15 is 0 Å². The Balaban J connectivity index is 1.80. The van der Waals surface area contributed by atoms with Crippen molar-refractivity contribution in [1.29, 1.82) is 0 Å². The molecule has 0 spiro atoms. The van der Waals surface area contributed by atoms with Gasteiger partial charge in [-0.2, -0.15) is 9.97 Å². The molecule has 3 rings (SSSR count). The molecule has 0 aliphatic carbocycles. The Labute approximate surface area is 126 Å². The topological polar surface area (TPSA) is 56.3 Å². The minimum absolute atomic E-state index is 0.881. The van der Waals surface area contributed by atoms with Gasteiger partial charge in [-0.15, -0.1) is 0 Å². The fourth-order valence-corrected chi connectivity index (χ4v) is 2.99. The average molecular weight is 290 g/mol. The standard InChI is InChI=1S/C15H26N6/c1-16-6-7-17-13-12-14(20-8-2-3-9-20)19-15(18-13)21-10-4-5-11-21/h12,16H,2-11H2,1H3,(H,17,18,19). The van der Waals surface area contributed by atoms with Gasteiger partial charge in [0.1, 0.15) is 11.6 Å². The van der Waals surface area contributed by atoms with E-state index in [1.807, 2.05) is 7.05 Å². The highest BCUT2D eigenvalue weighted by Gasteiger charge is 2.20. The predicted molar refractivity (Wildman–Crippen MR) is 87.3 cm³/mol. The molecule has 2 aliphatic rings. The van der Waals surface area contributed by atoms with Gasteiger partial charge in [0.2, 0.25) is 5.95 Å². The molecule has 2 saturated heterocycles. The lowest BCUT2D eigenvalue weighted by atomic mass is 10.4. The van der Waals surface area contributed by atoms with Crippen LogP contribution in [0.1, 0.15) is 25.7 Å². The first-order valence-electron chi connectivity index (χ1n) is 8.14. The zero-order chi connectivity index (χ0) is 14.5. The first-order chi connectivity index (χ1) is 10.4. The Morgan fingerprint density at radius 3 is 2.29 bits per heavy atom. The lowest BCUT2D eigenvalue weighted by Gasteiger charge is -2.22. The molecule has 0 amide bonds. The van der Waals surface area contributed by atoms with Gasteiger partial charge in [-0.25, -0.2) is 0 Å². The molecule has 6 heteroatoms. The summed E-state index contributed by atoms with van der Waals surface area (Å²) in [7, 11) is 1.97. The molecule has 21 heavy (non-hydrogen) atoms. The highest BCUT2D eigenvalue weighted by Crippen LogP contribution is 2.25. The van der Waals surface area contributed by atoms with Crippen LogP contribution in [0.5, 0.6) is 0 Å². The van der Waals surface area contributed by atoms with Gasteiger partial charge in [0.15, 0.2) is 0 Å². The van der Waals surface area contributed by atoms with Crippen molar-refractivity contribution in [3.05, 3.63) is 6.07 Å². The zero-order valence-electron chi connectivity index (χ0n) is 12.9. The molecule has 2 N–H and O–H groups in total. The summed E-state index contributed by atoms with van der Waals surface area (Å²) in [4.78, 5) is 14.2. The van der Waals surface area contributed by atoms with Crippen molar-refractivity contribution in [1.82, 2.24) is 15.3 Å². The molecule has 2 fully saturated rings. The van der Waals surface area contributed by atoms with Crippen LogP contribution in [0.3, 0.4) is 0 Å². The molecule has 0 radical (unpaired) electrons. The van der Waals surface area contributed by atoms with Gasteiger partial charge in [-0.1, -0.05) is 0 Å². The molecule has 0 atom stereocenters. The summed E-state index contributed by atoms with van der Waals surface area (Å²) in [6.07, 6.45) is 5.04. The fourth-order valence-electron chi connectivity index (χ4n) is 2.99. The number of aromatic nitrogens is 2. The smallest absolute Gasteiger partial charge is 0.229 e. The minimum atomic E-state index is 0.881. The van der Waals surface area contributed by atoms with Crippen LogP contribution in [0.2, 0.25) is 0 Å². The first-order valence-corrected chi connectivity index (χ1v) is 8.14. The number of anilines is 3. The lowest BCUT2D eigenvalue weighted by molar-refractivity contribution is 0.817. The normalized spacial score (nSPS) is 18.5. The minimum Gasteiger partial charge on any atom is -0.369 e. The number of rotatable bonds is 6. The summed E-state index contributed by atoms with van der Waals surface area (Å²) in [5.74, 6) is 2.92. The van der Waals surface area contributed by atoms with Crippen molar-refractivity contribution in [3.63, 3.8) is 0 Å². The largest absolute Gasteiger partial charge is 0.369 e. The molecule has 6 nitrogen and oxygen atoms in total. The first kappa shape index (κ1) is 14.4. The molecular weight excluding hydrogens is 264 g/mol. The SMILES string of the molecule is CNCCNc1cc(N2CCCC2)nc(N2CCCC2)n1. The quantitative estimate of drug-likeness (QED) is 0.771. The Morgan fingerprint density at radius 2 is 1.62 bits per heavy atom.